The summed E-state index contributed by atoms with van der Waals surface area (Å²) in [4.78, 5) is 50.7. The van der Waals surface area contributed by atoms with E-state index < -0.39 is 54.4 Å². The van der Waals surface area contributed by atoms with E-state index in [-0.39, 0.29) is 24.4 Å². The molecule has 0 fully saturated rings. The van der Waals surface area contributed by atoms with E-state index >= 15 is 0 Å². The highest BCUT2D eigenvalue weighted by Crippen LogP contribution is 2.25. The average Bonchev–Trinajstić information content (AvgIpc) is 3.06. The van der Waals surface area contributed by atoms with Crippen LogP contribution in [0.15, 0.2) is 91.0 Å². The number of carboxylic acid groups (broad SMARTS) is 1. The van der Waals surface area contributed by atoms with Gasteiger partial charge in [0.1, 0.15) is 6.04 Å². The van der Waals surface area contributed by atoms with Gasteiger partial charge >= 0.3 is 5.97 Å². The number of amides is 3. The molecule has 10 heteroatoms. The van der Waals surface area contributed by atoms with Gasteiger partial charge in [-0.2, -0.15) is 0 Å². The van der Waals surface area contributed by atoms with Crippen molar-refractivity contribution in [3.63, 3.8) is 0 Å². The summed E-state index contributed by atoms with van der Waals surface area (Å²) in [5.74, 6) is -3.08. The van der Waals surface area contributed by atoms with Crippen LogP contribution >= 0.6 is 0 Å². The number of carboxylic acids is 1. The van der Waals surface area contributed by atoms with Crippen LogP contribution in [0.1, 0.15) is 59.0 Å². The molecule has 1 unspecified atom stereocenters. The van der Waals surface area contributed by atoms with E-state index in [0.29, 0.717) is 11.1 Å². The second kappa shape index (κ2) is 16.0. The maximum absolute atomic E-state index is 13.4. The van der Waals surface area contributed by atoms with Gasteiger partial charge in [0, 0.05) is 6.54 Å². The number of aromatic carboxylic acids is 1. The third kappa shape index (κ3) is 9.48. The van der Waals surface area contributed by atoms with Crippen LogP contribution in [0.4, 0.5) is 0 Å². The van der Waals surface area contributed by atoms with E-state index in [1.54, 1.807) is 38.1 Å². The van der Waals surface area contributed by atoms with Crippen molar-refractivity contribution < 1.29 is 34.5 Å². The van der Waals surface area contributed by atoms with Crippen LogP contribution in [0.25, 0.3) is 10.8 Å². The highest BCUT2D eigenvalue weighted by atomic mass is 16.4. The lowest BCUT2D eigenvalue weighted by Crippen LogP contribution is -2.52. The summed E-state index contributed by atoms with van der Waals surface area (Å²) in [6.07, 6.45) is -3.08. The van der Waals surface area contributed by atoms with Gasteiger partial charge in [-0.15, -0.1) is 0 Å². The van der Waals surface area contributed by atoms with Gasteiger partial charge < -0.3 is 31.3 Å². The normalized spacial score (nSPS) is 13.7. The van der Waals surface area contributed by atoms with Crippen molar-refractivity contribution in [3.8, 4) is 0 Å². The summed E-state index contributed by atoms with van der Waals surface area (Å²) >= 11 is 0. The van der Waals surface area contributed by atoms with Crippen molar-refractivity contribution in [1.29, 1.82) is 0 Å². The topological polar surface area (TPSA) is 165 Å². The molecule has 4 aromatic carbocycles. The van der Waals surface area contributed by atoms with E-state index in [1.807, 2.05) is 61.5 Å². The first-order valence-corrected chi connectivity index (χ1v) is 15.5. The molecule has 4 rings (SSSR count). The molecule has 0 saturated heterocycles. The number of benzene rings is 4. The van der Waals surface area contributed by atoms with Gasteiger partial charge in [0.25, 0.3) is 5.91 Å². The predicted molar refractivity (Wildman–Crippen MR) is 178 cm³/mol. The highest BCUT2D eigenvalue weighted by Gasteiger charge is 2.30. The number of carbonyl (C=O) groups is 4. The van der Waals surface area contributed by atoms with E-state index in [9.17, 15) is 29.4 Å². The van der Waals surface area contributed by atoms with Crippen molar-refractivity contribution in [2.75, 3.05) is 0 Å². The van der Waals surface area contributed by atoms with Gasteiger partial charge in [0.15, 0.2) is 6.10 Å². The summed E-state index contributed by atoms with van der Waals surface area (Å²) < 4.78 is 0. The lowest BCUT2D eigenvalue weighted by atomic mass is 9.96. The Bertz CT molecular complexity index is 1700. The number of fused-ring (bicyclic) bond motifs is 1. The number of hydrogen-bond acceptors (Lipinski definition) is 6. The van der Waals surface area contributed by atoms with Crippen molar-refractivity contribution >= 4 is 34.5 Å². The first-order chi connectivity index (χ1) is 22.4. The lowest BCUT2D eigenvalue weighted by molar-refractivity contribution is -0.133. The van der Waals surface area contributed by atoms with Crippen LogP contribution in [-0.4, -0.2) is 57.2 Å². The molecular weight excluding hydrogens is 598 g/mol. The van der Waals surface area contributed by atoms with Crippen LogP contribution in [0.3, 0.4) is 0 Å². The molecule has 0 saturated carbocycles. The number of aliphatic hydroxyl groups excluding tert-OH is 2. The predicted octanol–water partition coefficient (Wildman–Crippen LogP) is 3.82. The summed E-state index contributed by atoms with van der Waals surface area (Å²) in [6, 6.07) is 24.5. The summed E-state index contributed by atoms with van der Waals surface area (Å²) in [7, 11) is 0. The molecule has 0 bridgehead atoms. The van der Waals surface area contributed by atoms with E-state index in [0.717, 1.165) is 21.9 Å². The van der Waals surface area contributed by atoms with Crippen molar-refractivity contribution in [1.82, 2.24) is 16.0 Å². The van der Waals surface area contributed by atoms with Gasteiger partial charge in [-0.3, -0.25) is 14.4 Å². The number of nitrogens with one attached hydrogen (secondary N) is 3. The number of carbonyl (C=O) groups excluding carboxylic acids is 3. The molecule has 0 aliphatic heterocycles. The average molecular weight is 640 g/mol. The Balaban J connectivity index is 1.44. The molecule has 0 radical (unpaired) electrons. The molecule has 4 aromatic rings. The Hall–Kier alpha value is -5.06. The molecule has 3 amide bonds. The molecule has 0 aliphatic carbocycles. The Morgan fingerprint density at radius 2 is 1.38 bits per heavy atom. The van der Waals surface area contributed by atoms with E-state index in [4.69, 9.17) is 5.11 Å². The van der Waals surface area contributed by atoms with Crippen LogP contribution in [0, 0.1) is 12.8 Å². The van der Waals surface area contributed by atoms with Gasteiger partial charge in [0.2, 0.25) is 11.8 Å². The van der Waals surface area contributed by atoms with Crippen molar-refractivity contribution in [2.24, 2.45) is 5.92 Å². The molecule has 47 heavy (non-hydrogen) atoms. The minimum atomic E-state index is -1.52. The molecule has 246 valence electrons. The van der Waals surface area contributed by atoms with Crippen molar-refractivity contribution in [3.05, 3.63) is 119 Å². The van der Waals surface area contributed by atoms with Gasteiger partial charge in [-0.25, -0.2) is 4.79 Å². The number of aryl methyl sites for hydroxylation is 1. The smallest absolute Gasteiger partial charge is 0.335 e. The summed E-state index contributed by atoms with van der Waals surface area (Å²) in [5, 5.41) is 41.2. The fourth-order valence-corrected chi connectivity index (χ4v) is 5.32. The fourth-order valence-electron chi connectivity index (χ4n) is 5.32. The van der Waals surface area contributed by atoms with Crippen LogP contribution in [-0.2, 0) is 27.3 Å². The molecule has 0 spiro atoms. The van der Waals surface area contributed by atoms with Crippen molar-refractivity contribution in [2.45, 2.75) is 64.4 Å². The van der Waals surface area contributed by atoms with E-state index in [1.165, 1.54) is 12.1 Å². The van der Waals surface area contributed by atoms with Crippen LogP contribution in [0.5, 0.6) is 0 Å². The monoisotopic (exact) mass is 639 g/mol. The largest absolute Gasteiger partial charge is 0.478 e. The highest BCUT2D eigenvalue weighted by molar-refractivity contribution is 5.92. The third-order valence-electron chi connectivity index (χ3n) is 8.06. The molecule has 6 N–H and O–H groups in total. The molecule has 0 aliphatic rings. The second-order valence-electron chi connectivity index (χ2n) is 12.1. The SMILES string of the molecule is Cc1ccc(C[C@H](NC(=O)C(O)c2cccc3ccccc23)[C@@H](O)CC(=O)N[C@H](C(=O)NCc2ccc(C(=O)O)cc2)C(C)C)cc1. The first kappa shape index (κ1) is 34.8. The fraction of sp³-hybridized carbons (Fsp3) is 0.297. The summed E-state index contributed by atoms with van der Waals surface area (Å²) in [6.45, 7) is 5.62. The minimum Gasteiger partial charge on any atom is -0.478 e. The quantitative estimate of drug-likeness (QED) is 0.122. The Morgan fingerprint density at radius 1 is 0.745 bits per heavy atom. The third-order valence-corrected chi connectivity index (χ3v) is 8.06. The van der Waals surface area contributed by atoms with E-state index in [2.05, 4.69) is 16.0 Å². The Kier molecular flexibility index (Phi) is 11.8. The number of hydrogen-bond donors (Lipinski definition) is 6. The zero-order valence-corrected chi connectivity index (χ0v) is 26.6. The van der Waals surface area contributed by atoms with Crippen LogP contribution in [0.2, 0.25) is 0 Å². The Labute approximate surface area is 273 Å². The minimum absolute atomic E-state index is 0.129. The molecular formula is C37H41N3O7. The second-order valence-corrected chi connectivity index (χ2v) is 12.1. The molecule has 0 aromatic heterocycles. The maximum Gasteiger partial charge on any atom is 0.335 e. The zero-order chi connectivity index (χ0) is 34.1. The molecule has 10 nitrogen and oxygen atoms in total. The first-order valence-electron chi connectivity index (χ1n) is 15.5. The zero-order valence-electron chi connectivity index (χ0n) is 26.6. The standard InChI is InChI=1S/C37H41N3O7/c1-22(2)33(35(44)38-21-25-15-17-27(18-16-25)37(46)47)40-32(42)20-31(41)30(19-24-13-11-23(3)12-14-24)39-36(45)34(43)29-10-6-8-26-7-4-5-9-28(26)29/h4-18,22,30-31,33-34,41,43H,19-21H2,1-3H3,(H,38,44)(H,39,45)(H,40,42)(H,46,47)/t30-,31-,33-,34?/m0/s1. The lowest BCUT2D eigenvalue weighted by Gasteiger charge is -2.27. The van der Waals surface area contributed by atoms with Gasteiger partial charge in [0.05, 0.1) is 24.1 Å². The number of rotatable bonds is 14. The van der Waals surface area contributed by atoms with Gasteiger partial charge in [-0.1, -0.05) is 98.3 Å². The maximum atomic E-state index is 13.4. The Morgan fingerprint density at radius 3 is 2.04 bits per heavy atom. The number of aliphatic hydroxyl groups is 2. The van der Waals surface area contributed by atoms with Gasteiger partial charge in [-0.05, 0) is 58.9 Å². The summed E-state index contributed by atoms with van der Waals surface area (Å²) in [5.41, 5.74) is 3.09. The molecule has 4 atom stereocenters. The van der Waals surface area contributed by atoms with Crippen LogP contribution < -0.4 is 16.0 Å². The molecule has 0 heterocycles.